The third-order valence-electron chi connectivity index (χ3n) is 2.43. The fourth-order valence-electron chi connectivity index (χ4n) is 1.47. The first-order valence-corrected chi connectivity index (χ1v) is 5.58. The van der Waals surface area contributed by atoms with Crippen molar-refractivity contribution in [3.63, 3.8) is 0 Å². The first-order valence-electron chi connectivity index (χ1n) is 5.58. The quantitative estimate of drug-likeness (QED) is 0.628. The van der Waals surface area contributed by atoms with Crippen molar-refractivity contribution >= 4 is 17.6 Å². The molecular formula is C12H16N2O4. The summed E-state index contributed by atoms with van der Waals surface area (Å²) in [6.45, 7) is 1.92. The van der Waals surface area contributed by atoms with Gasteiger partial charge in [0.15, 0.2) is 0 Å². The summed E-state index contributed by atoms with van der Waals surface area (Å²) in [5.74, 6) is -1.99. The highest BCUT2D eigenvalue weighted by Crippen LogP contribution is 2.22. The van der Waals surface area contributed by atoms with E-state index in [9.17, 15) is 14.7 Å². The van der Waals surface area contributed by atoms with Crippen molar-refractivity contribution in [2.24, 2.45) is 5.73 Å². The molecule has 0 spiro atoms. The monoisotopic (exact) mass is 252 g/mol. The minimum Gasteiger partial charge on any atom is -0.507 e. The van der Waals surface area contributed by atoms with Gasteiger partial charge in [0.2, 0.25) is 5.91 Å². The molecule has 0 aromatic heterocycles. The van der Waals surface area contributed by atoms with Crippen LogP contribution in [0.15, 0.2) is 18.2 Å². The van der Waals surface area contributed by atoms with E-state index in [0.29, 0.717) is 12.1 Å². The number of amides is 1. The van der Waals surface area contributed by atoms with Crippen LogP contribution in [0.3, 0.4) is 0 Å². The number of carbonyl (C=O) groups excluding carboxylic acids is 1. The van der Waals surface area contributed by atoms with Crippen LogP contribution in [0, 0.1) is 0 Å². The lowest BCUT2D eigenvalue weighted by Gasteiger charge is -2.11. The van der Waals surface area contributed by atoms with Gasteiger partial charge in [-0.05, 0) is 18.6 Å². The van der Waals surface area contributed by atoms with Gasteiger partial charge in [-0.25, -0.2) is 4.79 Å². The van der Waals surface area contributed by atoms with E-state index in [1.807, 2.05) is 6.92 Å². The lowest BCUT2D eigenvalue weighted by Crippen LogP contribution is -2.35. The van der Waals surface area contributed by atoms with Crippen LogP contribution in [0.4, 0.5) is 5.69 Å². The average molecular weight is 252 g/mol. The topological polar surface area (TPSA) is 113 Å². The van der Waals surface area contributed by atoms with E-state index in [1.165, 1.54) is 18.2 Å². The second-order valence-electron chi connectivity index (χ2n) is 3.92. The third-order valence-corrected chi connectivity index (χ3v) is 2.43. The lowest BCUT2D eigenvalue weighted by molar-refractivity contribution is -0.117. The highest BCUT2D eigenvalue weighted by Gasteiger charge is 2.14. The molecule has 1 aromatic carbocycles. The summed E-state index contributed by atoms with van der Waals surface area (Å²) in [6.07, 6.45) is 1.35. The number of nitrogens with one attached hydrogen (secondary N) is 1. The third kappa shape index (κ3) is 3.46. The predicted octanol–water partition coefficient (Wildman–Crippen LogP) is 1.16. The van der Waals surface area contributed by atoms with Crippen molar-refractivity contribution in [1.82, 2.24) is 0 Å². The number of carbonyl (C=O) groups is 2. The molecule has 6 nitrogen and oxygen atoms in total. The van der Waals surface area contributed by atoms with E-state index in [4.69, 9.17) is 10.8 Å². The van der Waals surface area contributed by atoms with Crippen LogP contribution in [-0.4, -0.2) is 28.1 Å². The first-order chi connectivity index (χ1) is 8.45. The maximum atomic E-state index is 11.6. The molecule has 0 radical (unpaired) electrons. The summed E-state index contributed by atoms with van der Waals surface area (Å²) in [5, 5.41) is 20.7. The van der Waals surface area contributed by atoms with Gasteiger partial charge in [0.05, 0.1) is 6.04 Å². The molecule has 0 bridgehead atoms. The second-order valence-corrected chi connectivity index (χ2v) is 3.92. The number of rotatable bonds is 5. The second kappa shape index (κ2) is 6.02. The van der Waals surface area contributed by atoms with Gasteiger partial charge in [0.1, 0.15) is 11.3 Å². The number of aromatic hydroxyl groups is 1. The van der Waals surface area contributed by atoms with E-state index in [1.54, 1.807) is 0 Å². The lowest BCUT2D eigenvalue weighted by atomic mass is 10.1. The molecule has 0 fully saturated rings. The Labute approximate surface area is 104 Å². The van der Waals surface area contributed by atoms with Crippen molar-refractivity contribution in [3.8, 4) is 5.75 Å². The summed E-state index contributed by atoms with van der Waals surface area (Å²) < 4.78 is 0. The summed E-state index contributed by atoms with van der Waals surface area (Å²) in [7, 11) is 0. The largest absolute Gasteiger partial charge is 0.507 e. The summed E-state index contributed by atoms with van der Waals surface area (Å²) in [4.78, 5) is 22.3. The molecule has 0 heterocycles. The molecule has 0 aliphatic carbocycles. The molecule has 1 unspecified atom stereocenters. The zero-order chi connectivity index (χ0) is 13.7. The molecule has 18 heavy (non-hydrogen) atoms. The molecule has 1 atom stereocenters. The van der Waals surface area contributed by atoms with Gasteiger partial charge < -0.3 is 21.3 Å². The average Bonchev–Trinajstić information content (AvgIpc) is 2.28. The van der Waals surface area contributed by atoms with Crippen LogP contribution >= 0.6 is 0 Å². The molecule has 1 aromatic rings. The molecule has 0 saturated heterocycles. The number of carboxylic acids is 1. The molecule has 0 saturated carbocycles. The van der Waals surface area contributed by atoms with Gasteiger partial charge in [-0.3, -0.25) is 4.79 Å². The Morgan fingerprint density at radius 3 is 2.61 bits per heavy atom. The van der Waals surface area contributed by atoms with Crippen LogP contribution in [-0.2, 0) is 4.79 Å². The highest BCUT2D eigenvalue weighted by atomic mass is 16.4. The number of hydrogen-bond acceptors (Lipinski definition) is 4. The van der Waals surface area contributed by atoms with Crippen molar-refractivity contribution < 1.29 is 19.8 Å². The van der Waals surface area contributed by atoms with E-state index in [2.05, 4.69) is 5.32 Å². The summed E-state index contributed by atoms with van der Waals surface area (Å²) >= 11 is 0. The number of carboxylic acid groups (broad SMARTS) is 1. The SMILES string of the molecule is CCCC(N)C(=O)Nc1ccc(C(=O)O)c(O)c1. The number of anilines is 1. The number of aromatic carboxylic acids is 1. The van der Waals surface area contributed by atoms with Crippen LogP contribution in [0.5, 0.6) is 5.75 Å². The maximum Gasteiger partial charge on any atom is 0.339 e. The Hall–Kier alpha value is -2.08. The van der Waals surface area contributed by atoms with Gasteiger partial charge >= 0.3 is 5.97 Å². The molecule has 0 aliphatic rings. The van der Waals surface area contributed by atoms with Gasteiger partial charge in [-0.15, -0.1) is 0 Å². The number of nitrogens with two attached hydrogens (primary N) is 1. The van der Waals surface area contributed by atoms with Crippen molar-refractivity contribution in [1.29, 1.82) is 0 Å². The smallest absolute Gasteiger partial charge is 0.339 e. The van der Waals surface area contributed by atoms with E-state index in [-0.39, 0.29) is 11.5 Å². The first kappa shape index (κ1) is 14.0. The maximum absolute atomic E-state index is 11.6. The van der Waals surface area contributed by atoms with Crippen LogP contribution in [0.2, 0.25) is 0 Å². The minimum atomic E-state index is -1.23. The van der Waals surface area contributed by atoms with Crippen molar-refractivity contribution in [3.05, 3.63) is 23.8 Å². The molecule has 98 valence electrons. The van der Waals surface area contributed by atoms with Crippen molar-refractivity contribution in [2.45, 2.75) is 25.8 Å². The Morgan fingerprint density at radius 1 is 1.44 bits per heavy atom. The Balaban J connectivity index is 2.77. The molecule has 0 aliphatic heterocycles. The number of hydrogen-bond donors (Lipinski definition) is 4. The van der Waals surface area contributed by atoms with E-state index >= 15 is 0 Å². The van der Waals surface area contributed by atoms with Crippen molar-refractivity contribution in [2.75, 3.05) is 5.32 Å². The normalized spacial score (nSPS) is 11.9. The number of benzene rings is 1. The zero-order valence-corrected chi connectivity index (χ0v) is 10.0. The zero-order valence-electron chi connectivity index (χ0n) is 10.0. The highest BCUT2D eigenvalue weighted by molar-refractivity contribution is 5.96. The van der Waals surface area contributed by atoms with Gasteiger partial charge in [0.25, 0.3) is 0 Å². The van der Waals surface area contributed by atoms with Crippen LogP contribution in [0.25, 0.3) is 0 Å². The molecule has 5 N–H and O–H groups in total. The molecular weight excluding hydrogens is 236 g/mol. The Bertz CT molecular complexity index is 459. The van der Waals surface area contributed by atoms with Gasteiger partial charge in [-0.1, -0.05) is 13.3 Å². The molecule has 6 heteroatoms. The number of phenols is 1. The Morgan fingerprint density at radius 2 is 2.11 bits per heavy atom. The fraction of sp³-hybridized carbons (Fsp3) is 0.333. The molecule has 1 amide bonds. The van der Waals surface area contributed by atoms with E-state index in [0.717, 1.165) is 6.42 Å². The standard InChI is InChI=1S/C12H16N2O4/c1-2-3-9(13)11(16)14-7-4-5-8(12(17)18)10(15)6-7/h4-6,9,15H,2-3,13H2,1H3,(H,14,16)(H,17,18). The van der Waals surface area contributed by atoms with Gasteiger partial charge in [0, 0.05) is 11.8 Å². The van der Waals surface area contributed by atoms with Crippen LogP contribution in [0.1, 0.15) is 30.1 Å². The fourth-order valence-corrected chi connectivity index (χ4v) is 1.47. The summed E-state index contributed by atoms with van der Waals surface area (Å²) in [6, 6.07) is 3.19. The van der Waals surface area contributed by atoms with E-state index < -0.39 is 17.8 Å². The Kier molecular flexibility index (Phi) is 4.67. The minimum absolute atomic E-state index is 0.217. The summed E-state index contributed by atoms with van der Waals surface area (Å²) in [5.41, 5.74) is 5.72. The van der Waals surface area contributed by atoms with Gasteiger partial charge in [-0.2, -0.15) is 0 Å². The molecule has 1 rings (SSSR count). The predicted molar refractivity (Wildman–Crippen MR) is 66.6 cm³/mol. The van der Waals surface area contributed by atoms with Crippen LogP contribution < -0.4 is 11.1 Å².